The summed E-state index contributed by atoms with van der Waals surface area (Å²) in [5.74, 6) is 0.777. The minimum Gasteiger partial charge on any atom is -0.440 e. The maximum Gasteiger partial charge on any atom is 0.255 e. The van der Waals surface area contributed by atoms with Crippen LogP contribution in [0.5, 0.6) is 0 Å². The van der Waals surface area contributed by atoms with Crippen LogP contribution in [-0.2, 0) is 9.61 Å². The molecule has 2 aromatic heterocycles. The Morgan fingerprint density at radius 2 is 2.04 bits per heavy atom. The van der Waals surface area contributed by atoms with Gasteiger partial charge >= 0.3 is 0 Å². The van der Waals surface area contributed by atoms with Crippen molar-refractivity contribution in [1.29, 1.82) is 0 Å². The number of anilines is 1. The van der Waals surface area contributed by atoms with Crippen LogP contribution in [0, 0.1) is 0 Å². The fourth-order valence-corrected chi connectivity index (χ4v) is 4.40. The summed E-state index contributed by atoms with van der Waals surface area (Å²) in [6.07, 6.45) is 6.71. The highest BCUT2D eigenvalue weighted by molar-refractivity contribution is 14.2. The minimum absolute atomic E-state index is 0.203. The average molecular weight is 461 g/mol. The number of nitrogens with one attached hydrogen (secondary N) is 1. The Hall–Kier alpha value is -2.62. The Labute approximate surface area is 160 Å². The van der Waals surface area contributed by atoms with Crippen molar-refractivity contribution in [3.8, 4) is 0 Å². The molecular formula is C18H16IN5O2. The number of aromatic nitrogens is 4. The molecule has 1 aliphatic heterocycles. The molecule has 132 valence electrons. The van der Waals surface area contributed by atoms with Crippen LogP contribution < -0.4 is 5.32 Å². The summed E-state index contributed by atoms with van der Waals surface area (Å²) in [7, 11) is 0. The third-order valence-corrected chi connectivity index (χ3v) is 6.25. The number of allylic oxidation sites excluding steroid dienone is 2. The van der Waals surface area contributed by atoms with Crippen molar-refractivity contribution in [2.24, 2.45) is 0 Å². The largest absolute Gasteiger partial charge is 0.440 e. The predicted octanol–water partition coefficient (Wildman–Crippen LogP) is 3.46. The summed E-state index contributed by atoms with van der Waals surface area (Å²) < 4.78 is 8.77. The Bertz CT molecular complexity index is 1070. The summed E-state index contributed by atoms with van der Waals surface area (Å²) in [4.78, 5) is 20.9. The van der Waals surface area contributed by atoms with Gasteiger partial charge in [0.05, 0.1) is 29.5 Å². The van der Waals surface area contributed by atoms with Gasteiger partial charge in [0.15, 0.2) is 0 Å². The predicted molar refractivity (Wildman–Crippen MR) is 108 cm³/mol. The molecule has 1 aliphatic rings. The number of benzene rings is 1. The third-order valence-electron chi connectivity index (χ3n) is 4.05. The zero-order valence-electron chi connectivity index (χ0n) is 14.2. The highest BCUT2D eigenvalue weighted by Gasteiger charge is 2.16. The third kappa shape index (κ3) is 3.36. The van der Waals surface area contributed by atoms with E-state index in [4.69, 9.17) is 3.07 Å². The molecule has 0 saturated carbocycles. The van der Waals surface area contributed by atoms with Gasteiger partial charge in [-0.15, -0.1) is 0 Å². The lowest BCUT2D eigenvalue weighted by atomic mass is 10.2. The smallest absolute Gasteiger partial charge is 0.255 e. The summed E-state index contributed by atoms with van der Waals surface area (Å²) in [5.41, 5.74) is 3.83. The van der Waals surface area contributed by atoms with E-state index in [0.29, 0.717) is 23.3 Å². The van der Waals surface area contributed by atoms with E-state index in [1.54, 1.807) is 36.8 Å². The second-order valence-electron chi connectivity index (χ2n) is 5.86. The average Bonchev–Trinajstić information content (AvgIpc) is 3.22. The van der Waals surface area contributed by atoms with Crippen molar-refractivity contribution in [3.05, 3.63) is 59.9 Å². The van der Waals surface area contributed by atoms with Crippen LogP contribution in [0.15, 0.2) is 54.3 Å². The van der Waals surface area contributed by atoms with E-state index in [-0.39, 0.29) is 27.1 Å². The van der Waals surface area contributed by atoms with Crippen molar-refractivity contribution < 1.29 is 7.86 Å². The van der Waals surface area contributed by atoms with Crippen LogP contribution in [0.1, 0.15) is 24.2 Å². The van der Waals surface area contributed by atoms with Gasteiger partial charge in [0.2, 0.25) is 0 Å². The van der Waals surface area contributed by atoms with Crippen molar-refractivity contribution in [1.82, 2.24) is 19.7 Å². The first-order valence-electron chi connectivity index (χ1n) is 8.00. The van der Waals surface area contributed by atoms with Gasteiger partial charge in [0.25, 0.3) is 5.91 Å². The van der Waals surface area contributed by atoms with E-state index in [1.165, 1.54) is 9.08 Å². The zero-order valence-corrected chi connectivity index (χ0v) is 16.4. The van der Waals surface area contributed by atoms with E-state index in [1.807, 2.05) is 17.8 Å². The molecule has 0 bridgehead atoms. The Kier molecular flexibility index (Phi) is 4.49. The lowest BCUT2D eigenvalue weighted by molar-refractivity contribution is 0.102. The molecule has 8 heteroatoms. The van der Waals surface area contributed by atoms with Gasteiger partial charge < -0.3 is 8.38 Å². The van der Waals surface area contributed by atoms with Crippen LogP contribution in [0.25, 0.3) is 11.0 Å². The zero-order chi connectivity index (χ0) is 18.1. The maximum absolute atomic E-state index is 12.5. The van der Waals surface area contributed by atoms with Crippen LogP contribution in [0.4, 0.5) is 5.69 Å². The lowest BCUT2D eigenvalue weighted by Crippen LogP contribution is -2.11. The van der Waals surface area contributed by atoms with Crippen molar-refractivity contribution >= 4 is 47.3 Å². The van der Waals surface area contributed by atoms with Gasteiger partial charge in [-0.1, -0.05) is 0 Å². The van der Waals surface area contributed by atoms with E-state index < -0.39 is 0 Å². The molecule has 3 aromatic rings. The molecule has 26 heavy (non-hydrogen) atoms. The van der Waals surface area contributed by atoms with Gasteiger partial charge in [-0.2, -0.15) is 5.10 Å². The van der Waals surface area contributed by atoms with E-state index in [0.717, 1.165) is 11.3 Å². The summed E-state index contributed by atoms with van der Waals surface area (Å²) >= 11 is -0.332. The van der Waals surface area contributed by atoms with Crippen LogP contribution in [-0.4, -0.2) is 29.2 Å². The molecule has 0 radical (unpaired) electrons. The molecule has 0 atom stereocenters. The molecule has 1 aromatic carbocycles. The van der Waals surface area contributed by atoms with Gasteiger partial charge in [-0.25, -0.2) is 0 Å². The molecule has 4 rings (SSSR count). The quantitative estimate of drug-likeness (QED) is 0.602. The Balaban J connectivity index is 1.49. The maximum atomic E-state index is 12.5. The van der Waals surface area contributed by atoms with Gasteiger partial charge in [0, 0.05) is 33.2 Å². The molecule has 7 nitrogen and oxygen atoms in total. The molecule has 1 amide bonds. The highest BCUT2D eigenvalue weighted by Crippen LogP contribution is 2.27. The van der Waals surface area contributed by atoms with Crippen molar-refractivity contribution in [3.63, 3.8) is 0 Å². The number of fused-ring (bicyclic) bond motifs is 1. The van der Waals surface area contributed by atoms with Gasteiger partial charge in [0.1, 0.15) is 26.9 Å². The summed E-state index contributed by atoms with van der Waals surface area (Å²) in [5, 5.41) is 7.21. The van der Waals surface area contributed by atoms with Gasteiger partial charge in [-0.3, -0.25) is 19.4 Å². The highest BCUT2D eigenvalue weighted by atomic mass is 127. The SMILES string of the molecule is CC1=IOC(C)=C1Cn1cc(NC(=O)c2ccc3nccnc3c2)cn1. The first-order chi connectivity index (χ1) is 12.6. The number of carbonyl (C=O) groups excluding carboxylic acids is 1. The molecular weight excluding hydrogens is 445 g/mol. The standard InChI is InChI=1S/C18H16IN5O2/c1-11-15(12(2)26-19-11)10-24-9-14(8-22-24)23-18(25)13-3-4-16-17(7-13)21-6-5-20-16/h3-9H,10H2,1-2H3,(H,23,25). The Morgan fingerprint density at radius 1 is 1.23 bits per heavy atom. The van der Waals surface area contributed by atoms with Crippen molar-refractivity contribution in [2.75, 3.05) is 5.32 Å². The number of rotatable bonds is 4. The molecule has 0 fully saturated rings. The first kappa shape index (κ1) is 16.8. The van der Waals surface area contributed by atoms with E-state index in [9.17, 15) is 4.79 Å². The second-order valence-corrected chi connectivity index (χ2v) is 8.36. The number of halogens is 1. The number of hydrogen-bond acceptors (Lipinski definition) is 5. The van der Waals surface area contributed by atoms with E-state index in [2.05, 4.69) is 27.3 Å². The number of hydrogen-bond donors (Lipinski definition) is 1. The minimum atomic E-state index is -0.332. The molecule has 0 spiro atoms. The normalized spacial score (nSPS) is 14.0. The monoisotopic (exact) mass is 461 g/mol. The molecule has 1 N–H and O–H groups in total. The molecule has 3 heterocycles. The second kappa shape index (κ2) is 6.94. The number of amides is 1. The number of carbonyl (C=O) groups is 1. The van der Waals surface area contributed by atoms with Crippen LogP contribution in [0.2, 0.25) is 0 Å². The Morgan fingerprint density at radius 3 is 2.81 bits per heavy atom. The summed E-state index contributed by atoms with van der Waals surface area (Å²) in [6.45, 7) is 4.74. The molecule has 0 aliphatic carbocycles. The fourth-order valence-electron chi connectivity index (χ4n) is 2.66. The number of nitrogens with zero attached hydrogens (tertiary/aromatic N) is 4. The van der Waals surface area contributed by atoms with Crippen LogP contribution in [0.3, 0.4) is 0 Å². The molecule has 0 saturated heterocycles. The topological polar surface area (TPSA) is 81.9 Å². The van der Waals surface area contributed by atoms with E-state index >= 15 is 0 Å². The first-order valence-corrected chi connectivity index (χ1v) is 9.96. The lowest BCUT2D eigenvalue weighted by Gasteiger charge is -2.05. The summed E-state index contributed by atoms with van der Waals surface area (Å²) in [6, 6.07) is 5.26. The van der Waals surface area contributed by atoms with Crippen LogP contribution >= 0.6 is 21.1 Å². The van der Waals surface area contributed by atoms with Gasteiger partial charge in [-0.05, 0) is 32.0 Å². The van der Waals surface area contributed by atoms with Crippen molar-refractivity contribution in [2.45, 2.75) is 20.4 Å². The molecule has 0 unspecified atom stereocenters. The fraction of sp³-hybridized carbons (Fsp3) is 0.167.